The minimum Gasteiger partial charge on any atom is -0.497 e. The third-order valence-corrected chi connectivity index (χ3v) is 6.88. The van der Waals surface area contributed by atoms with Crippen molar-refractivity contribution < 1.29 is 23.8 Å². The van der Waals surface area contributed by atoms with E-state index in [9.17, 15) is 9.59 Å². The summed E-state index contributed by atoms with van der Waals surface area (Å²) in [5, 5.41) is 6.43. The summed E-state index contributed by atoms with van der Waals surface area (Å²) in [5.74, 6) is 1.16. The van der Waals surface area contributed by atoms with E-state index in [1.54, 1.807) is 44.6 Å². The monoisotopic (exact) mass is 480 g/mol. The van der Waals surface area contributed by atoms with Crippen molar-refractivity contribution >= 4 is 33.8 Å². The van der Waals surface area contributed by atoms with Gasteiger partial charge in [-0.3, -0.25) is 9.59 Å². The lowest BCUT2D eigenvalue weighted by molar-refractivity contribution is -0.118. The fourth-order valence-electron chi connectivity index (χ4n) is 3.99. The second kappa shape index (κ2) is 11.1. The number of thiophene rings is 1. The van der Waals surface area contributed by atoms with E-state index in [0.717, 1.165) is 42.5 Å². The van der Waals surface area contributed by atoms with Gasteiger partial charge in [-0.15, -0.1) is 11.3 Å². The first-order chi connectivity index (χ1) is 16.6. The second-order valence-corrected chi connectivity index (χ2v) is 9.04. The molecule has 2 aromatic carbocycles. The third kappa shape index (κ3) is 5.51. The molecule has 0 unspecified atom stereocenters. The summed E-state index contributed by atoms with van der Waals surface area (Å²) >= 11 is 1.48. The van der Waals surface area contributed by atoms with Gasteiger partial charge in [-0.1, -0.05) is 24.6 Å². The van der Waals surface area contributed by atoms with Crippen LogP contribution >= 0.6 is 11.3 Å². The van der Waals surface area contributed by atoms with Gasteiger partial charge in [0.05, 0.1) is 25.5 Å². The number of carbonyl (C=O) groups is 2. The van der Waals surface area contributed by atoms with Crippen molar-refractivity contribution in [2.45, 2.75) is 32.1 Å². The number of aryl methyl sites for hydroxylation is 1. The highest BCUT2D eigenvalue weighted by Crippen LogP contribution is 2.39. The smallest absolute Gasteiger partial charge is 0.262 e. The normalized spacial score (nSPS) is 12.8. The molecule has 7 nitrogen and oxygen atoms in total. The Labute approximate surface area is 203 Å². The van der Waals surface area contributed by atoms with Crippen molar-refractivity contribution in [3.05, 3.63) is 64.5 Å². The molecule has 4 rings (SSSR count). The lowest BCUT2D eigenvalue weighted by Crippen LogP contribution is -2.22. The van der Waals surface area contributed by atoms with Gasteiger partial charge in [0.25, 0.3) is 11.8 Å². The standard InChI is InChI=1S/C26H28N2O5S/c1-31-18-13-14-20(21(15-18)32-2)27-25(30)24-19-11-7-4-8-12-22(19)34-26(24)28-23(29)16-33-17-9-5-3-6-10-17/h3,5-6,9-10,13-15H,4,7-8,11-12,16H2,1-2H3,(H,27,30)(H,28,29). The summed E-state index contributed by atoms with van der Waals surface area (Å²) in [5.41, 5.74) is 2.08. The van der Waals surface area contributed by atoms with Crippen LogP contribution in [0.3, 0.4) is 0 Å². The molecule has 0 aliphatic heterocycles. The zero-order valence-electron chi connectivity index (χ0n) is 19.3. The zero-order valence-corrected chi connectivity index (χ0v) is 20.1. The molecule has 1 aromatic heterocycles. The van der Waals surface area contributed by atoms with E-state index in [2.05, 4.69) is 10.6 Å². The van der Waals surface area contributed by atoms with E-state index in [1.165, 1.54) is 11.3 Å². The van der Waals surface area contributed by atoms with Crippen molar-refractivity contribution in [1.29, 1.82) is 0 Å². The summed E-state index contributed by atoms with van der Waals surface area (Å²) in [4.78, 5) is 27.3. The van der Waals surface area contributed by atoms with Crippen LogP contribution in [0.15, 0.2) is 48.5 Å². The van der Waals surface area contributed by atoms with Crippen LogP contribution in [0.1, 0.15) is 40.1 Å². The van der Waals surface area contributed by atoms with Crippen LogP contribution in [-0.4, -0.2) is 32.6 Å². The van der Waals surface area contributed by atoms with Gasteiger partial charge in [0.2, 0.25) is 0 Å². The molecular weight excluding hydrogens is 452 g/mol. The van der Waals surface area contributed by atoms with Crippen molar-refractivity contribution in [3.8, 4) is 17.2 Å². The number of anilines is 2. The summed E-state index contributed by atoms with van der Waals surface area (Å²) < 4.78 is 16.2. The average molecular weight is 481 g/mol. The number of fused-ring (bicyclic) bond motifs is 1. The lowest BCUT2D eigenvalue weighted by atomic mass is 10.0. The highest BCUT2D eigenvalue weighted by atomic mass is 32.1. The van der Waals surface area contributed by atoms with Gasteiger partial charge in [-0.05, 0) is 55.5 Å². The Morgan fingerprint density at radius 3 is 2.47 bits per heavy atom. The molecule has 34 heavy (non-hydrogen) atoms. The van der Waals surface area contributed by atoms with Crippen LogP contribution in [0.2, 0.25) is 0 Å². The van der Waals surface area contributed by atoms with E-state index >= 15 is 0 Å². The summed E-state index contributed by atoms with van der Waals surface area (Å²) in [6.07, 6.45) is 4.93. The van der Waals surface area contributed by atoms with Gasteiger partial charge >= 0.3 is 0 Å². The van der Waals surface area contributed by atoms with Gasteiger partial charge in [0.1, 0.15) is 22.2 Å². The topological polar surface area (TPSA) is 85.9 Å². The van der Waals surface area contributed by atoms with Crippen LogP contribution in [0.5, 0.6) is 17.2 Å². The molecule has 0 bridgehead atoms. The number of hydrogen-bond donors (Lipinski definition) is 2. The van der Waals surface area contributed by atoms with Crippen LogP contribution in [0.25, 0.3) is 0 Å². The molecule has 0 atom stereocenters. The molecule has 178 valence electrons. The number of rotatable bonds is 8. The summed E-state index contributed by atoms with van der Waals surface area (Å²) in [7, 11) is 3.11. The SMILES string of the molecule is COc1ccc(NC(=O)c2c(NC(=O)COc3ccccc3)sc3c2CCCCC3)c(OC)c1. The quantitative estimate of drug-likeness (QED) is 0.427. The van der Waals surface area contributed by atoms with E-state index in [1.807, 2.05) is 18.2 Å². The Morgan fingerprint density at radius 1 is 0.912 bits per heavy atom. The largest absolute Gasteiger partial charge is 0.497 e. The van der Waals surface area contributed by atoms with Crippen LogP contribution in [-0.2, 0) is 17.6 Å². The summed E-state index contributed by atoms with van der Waals surface area (Å²) in [6, 6.07) is 14.4. The molecule has 1 heterocycles. The molecule has 0 radical (unpaired) electrons. The number of benzene rings is 2. The molecule has 0 spiro atoms. The number of carbonyl (C=O) groups excluding carboxylic acids is 2. The van der Waals surface area contributed by atoms with E-state index in [0.29, 0.717) is 33.5 Å². The van der Waals surface area contributed by atoms with Crippen molar-refractivity contribution in [2.75, 3.05) is 31.5 Å². The van der Waals surface area contributed by atoms with Crippen molar-refractivity contribution in [1.82, 2.24) is 0 Å². The van der Waals surface area contributed by atoms with Gasteiger partial charge in [0.15, 0.2) is 6.61 Å². The van der Waals surface area contributed by atoms with E-state index < -0.39 is 0 Å². The van der Waals surface area contributed by atoms with E-state index in [4.69, 9.17) is 14.2 Å². The number of nitrogens with one attached hydrogen (secondary N) is 2. The second-order valence-electron chi connectivity index (χ2n) is 7.94. The Kier molecular flexibility index (Phi) is 7.69. The molecule has 2 N–H and O–H groups in total. The number of amides is 2. The third-order valence-electron chi connectivity index (χ3n) is 5.67. The maximum atomic E-state index is 13.5. The molecule has 2 amide bonds. The number of ether oxygens (including phenoxy) is 3. The minimum absolute atomic E-state index is 0.139. The predicted octanol–water partition coefficient (Wildman–Crippen LogP) is 5.30. The summed E-state index contributed by atoms with van der Waals surface area (Å²) in [6.45, 7) is -0.139. The Bertz CT molecular complexity index is 1160. The molecule has 0 saturated carbocycles. The highest BCUT2D eigenvalue weighted by molar-refractivity contribution is 7.17. The molecule has 1 aliphatic carbocycles. The Hall–Kier alpha value is -3.52. The first kappa shape index (κ1) is 23.6. The maximum absolute atomic E-state index is 13.5. The fourth-order valence-corrected chi connectivity index (χ4v) is 5.29. The molecule has 1 aliphatic rings. The van der Waals surface area contributed by atoms with Crippen molar-refractivity contribution in [3.63, 3.8) is 0 Å². The zero-order chi connectivity index (χ0) is 23.9. The Balaban J connectivity index is 1.57. The van der Waals surface area contributed by atoms with Gasteiger partial charge in [0, 0.05) is 10.9 Å². The Morgan fingerprint density at radius 2 is 1.71 bits per heavy atom. The molecular formula is C26H28N2O5S. The van der Waals surface area contributed by atoms with Gasteiger partial charge in [-0.25, -0.2) is 0 Å². The van der Waals surface area contributed by atoms with Gasteiger partial charge < -0.3 is 24.8 Å². The fraction of sp³-hybridized carbons (Fsp3) is 0.308. The van der Waals surface area contributed by atoms with Crippen molar-refractivity contribution in [2.24, 2.45) is 0 Å². The first-order valence-electron chi connectivity index (χ1n) is 11.2. The minimum atomic E-state index is -0.309. The van der Waals surface area contributed by atoms with Gasteiger partial charge in [-0.2, -0.15) is 0 Å². The number of methoxy groups -OCH3 is 2. The first-order valence-corrected chi connectivity index (χ1v) is 12.1. The molecule has 0 saturated heterocycles. The lowest BCUT2D eigenvalue weighted by Gasteiger charge is -2.13. The van der Waals surface area contributed by atoms with Crippen LogP contribution < -0.4 is 24.8 Å². The number of para-hydroxylation sites is 1. The van der Waals surface area contributed by atoms with E-state index in [-0.39, 0.29) is 18.4 Å². The number of hydrogen-bond acceptors (Lipinski definition) is 6. The average Bonchev–Trinajstić information content (AvgIpc) is 3.03. The molecule has 3 aromatic rings. The highest BCUT2D eigenvalue weighted by Gasteiger charge is 2.26. The molecule has 0 fully saturated rings. The van der Waals surface area contributed by atoms with Crippen LogP contribution in [0, 0.1) is 0 Å². The van der Waals surface area contributed by atoms with Crippen LogP contribution in [0.4, 0.5) is 10.7 Å². The maximum Gasteiger partial charge on any atom is 0.262 e. The predicted molar refractivity (Wildman–Crippen MR) is 134 cm³/mol. The molecule has 8 heteroatoms.